The van der Waals surface area contributed by atoms with Gasteiger partial charge in [0.25, 0.3) is 0 Å². The highest BCUT2D eigenvalue weighted by atomic mass is 28.3. The summed E-state index contributed by atoms with van der Waals surface area (Å²) in [5, 5.41) is 6.02. The summed E-state index contributed by atoms with van der Waals surface area (Å²) in [5.74, 6) is 0. The van der Waals surface area contributed by atoms with Crippen LogP contribution in [-0.4, -0.2) is 67.5 Å². The summed E-state index contributed by atoms with van der Waals surface area (Å²) >= 11 is 0. The molecule has 0 saturated carbocycles. The molecule has 17 aromatic carbocycles. The molecule has 18 rings (SSSR count). The summed E-state index contributed by atoms with van der Waals surface area (Å²) in [6.45, 7) is 42.2. The van der Waals surface area contributed by atoms with Gasteiger partial charge in [-0.3, -0.25) is 0 Å². The summed E-state index contributed by atoms with van der Waals surface area (Å²) < 4.78 is 0. The Morgan fingerprint density at radius 3 is 0.721 bits per heavy atom. The van der Waals surface area contributed by atoms with Crippen LogP contribution in [0.25, 0.3) is 77.9 Å². The Labute approximate surface area is 819 Å². The van der Waals surface area contributed by atoms with E-state index in [-0.39, 0.29) is 10.8 Å². The average Bonchev–Trinajstić information content (AvgIpc) is 1.58. The van der Waals surface area contributed by atoms with Crippen molar-refractivity contribution in [1.29, 1.82) is 0 Å². The van der Waals surface area contributed by atoms with Gasteiger partial charge >= 0.3 is 0 Å². The molecule has 136 heavy (non-hydrogen) atoms. The monoisotopic (exact) mass is 1850 g/mol. The van der Waals surface area contributed by atoms with E-state index in [1.807, 2.05) is 0 Å². The SMILES string of the molecule is CN(c1ccc(C(C)(C)C)cc1)c1ccc(-c2ccccc2)cc1-c1ccccc1.CN(c1ccc([Si](C)(C)C)cc1)c1ccc(-c2ccccc2)cc1-c1ccccc1.CN(c1ccc([Si](C)(C)C)cc1)c1ccc([Si](C)(C)C)cc1.CN(c1ccc2c(c1)C(C)(C)c1ccccc1-2)c1ccc(-c2ccccc2)cc1-c1ccccc1.Cc1ccc(N(C)c2ccc([Si](C)(C)C)cc2)cc1. The molecule has 1 aliphatic rings. The van der Waals surface area contributed by atoms with Crippen molar-refractivity contribution < 1.29 is 0 Å². The molecule has 0 atom stereocenters. The molecule has 0 bridgehead atoms. The van der Waals surface area contributed by atoms with E-state index in [0.717, 1.165) is 0 Å². The van der Waals surface area contributed by atoms with Crippen molar-refractivity contribution in [2.75, 3.05) is 59.7 Å². The predicted octanol–water partition coefficient (Wildman–Crippen LogP) is 33.4. The molecule has 1 aliphatic carbocycles. The van der Waals surface area contributed by atoms with Crippen LogP contribution >= 0.6 is 0 Å². The molecule has 5 nitrogen and oxygen atoms in total. The number of benzene rings is 17. The average molecular weight is 1850 g/mol. The third-order valence-corrected chi connectivity index (χ3v) is 34.9. The summed E-state index contributed by atoms with van der Waals surface area (Å²) in [5.41, 5.74) is 35.3. The molecule has 9 heteroatoms. The maximum Gasteiger partial charge on any atom is 0.0775 e. The molecule has 688 valence electrons. The number of hydrogen-bond donors (Lipinski definition) is 0. The van der Waals surface area contributed by atoms with E-state index < -0.39 is 32.3 Å². The summed E-state index contributed by atoms with van der Waals surface area (Å²) in [7, 11) is 5.84. The Morgan fingerprint density at radius 2 is 0.434 bits per heavy atom. The van der Waals surface area contributed by atoms with Gasteiger partial charge in [0, 0.05) is 114 Å². The standard InChI is InChI=1S/C34H29N.C29H29N.C28H29NSi.C19H29NSi2.C17H23NSi/c1-34(2)31-17-11-10-16-28(31)29-20-19-27(23-32(29)34)35(3)33-21-18-26(24-12-6-4-7-13-24)22-30(33)25-14-8-5-9-15-25;1-29(2,3)25-16-18-26(19-17-25)30(4)28-20-15-24(22-11-7-5-8-12-22)21-27(28)23-13-9-6-10-14-23;1-29(25-16-18-26(19-17-25)30(2,3)4)28-20-15-24(22-11-7-5-8-12-22)21-27(28)23-13-9-6-10-14-23;1-20(16-8-12-18(13-9-16)21(2,3)4)17-10-14-19(15-11-17)22(5,6)7;1-14-6-8-15(9-7-14)18(2)16-10-12-17(13-11-16)19(3,4)5/h4-23H,1-3H3;2*5-21H,1-4H3;8-15H,1-7H3;6-13H,1-5H3. The Bertz CT molecular complexity index is 6520. The minimum atomic E-state index is -1.30. The van der Waals surface area contributed by atoms with Crippen LogP contribution < -0.4 is 45.2 Å². The highest BCUT2D eigenvalue weighted by Crippen LogP contribution is 2.51. The largest absolute Gasteiger partial charge is 0.345 e. The predicted molar refractivity (Wildman–Crippen MR) is 610 cm³/mol. The first-order chi connectivity index (χ1) is 64.9. The Hall–Kier alpha value is -13.4. The first-order valence-corrected chi connectivity index (χ1v) is 62.1. The molecule has 0 unspecified atom stereocenters. The lowest BCUT2D eigenvalue weighted by molar-refractivity contribution is 0.590. The second kappa shape index (κ2) is 42.7. The maximum absolute atomic E-state index is 2.39. The van der Waals surface area contributed by atoms with Crippen LogP contribution in [0.3, 0.4) is 0 Å². The van der Waals surface area contributed by atoms with Gasteiger partial charge in [0.05, 0.1) is 32.3 Å². The van der Waals surface area contributed by atoms with Gasteiger partial charge in [-0.05, 0) is 212 Å². The lowest BCUT2D eigenvalue weighted by atomic mass is 9.82. The van der Waals surface area contributed by atoms with Crippen LogP contribution in [0.15, 0.2) is 425 Å². The third kappa shape index (κ3) is 24.1. The van der Waals surface area contributed by atoms with E-state index in [4.69, 9.17) is 0 Å². The molecule has 0 aromatic heterocycles. The number of rotatable bonds is 20. The first-order valence-electron chi connectivity index (χ1n) is 48.1. The quantitative estimate of drug-likeness (QED) is 0.0705. The van der Waals surface area contributed by atoms with Gasteiger partial charge in [0.15, 0.2) is 0 Å². The summed E-state index contributed by atoms with van der Waals surface area (Å²) in [4.78, 5) is 11.4. The fourth-order valence-corrected chi connectivity index (χ4v) is 22.4. The fourth-order valence-electron chi connectivity index (χ4n) is 17.8. The highest BCUT2D eigenvalue weighted by Gasteiger charge is 2.36. The molecule has 0 amide bonds. The van der Waals surface area contributed by atoms with Crippen LogP contribution in [0.2, 0.25) is 78.6 Å². The number of aryl methyl sites for hydroxylation is 1. The van der Waals surface area contributed by atoms with Gasteiger partial charge < -0.3 is 24.5 Å². The molecule has 17 aromatic rings. The van der Waals surface area contributed by atoms with Crippen molar-refractivity contribution in [2.24, 2.45) is 0 Å². The molecular weight excluding hydrogens is 1710 g/mol. The van der Waals surface area contributed by atoms with Crippen molar-refractivity contribution in [3.8, 4) is 77.9 Å². The molecule has 0 saturated heterocycles. The molecule has 0 N–H and O–H groups in total. The summed E-state index contributed by atoms with van der Waals surface area (Å²) in [6.07, 6.45) is 0. The second-order valence-electron chi connectivity index (χ2n) is 41.9. The second-order valence-corrected chi connectivity index (χ2v) is 62.2. The zero-order valence-electron chi connectivity index (χ0n) is 84.7. The number of anilines is 10. The Kier molecular flexibility index (Phi) is 30.9. The Morgan fingerprint density at radius 1 is 0.199 bits per heavy atom. The van der Waals surface area contributed by atoms with E-state index in [9.17, 15) is 0 Å². The molecule has 0 aliphatic heterocycles. The van der Waals surface area contributed by atoms with E-state index in [0.29, 0.717) is 0 Å². The lowest BCUT2D eigenvalue weighted by Crippen LogP contribution is -2.37. The maximum atomic E-state index is 2.39. The minimum Gasteiger partial charge on any atom is -0.345 e. The molecular formula is C127H139N5Si4. The molecule has 0 heterocycles. The zero-order chi connectivity index (χ0) is 96.9. The molecule has 0 fully saturated rings. The van der Waals surface area contributed by atoms with Crippen molar-refractivity contribution in [1.82, 2.24) is 0 Å². The number of nitrogens with zero attached hydrogens (tertiary/aromatic N) is 5. The molecule has 0 radical (unpaired) electrons. The van der Waals surface area contributed by atoms with Gasteiger partial charge in [0.2, 0.25) is 0 Å². The van der Waals surface area contributed by atoms with Crippen LogP contribution in [-0.2, 0) is 10.8 Å². The summed E-state index contributed by atoms with van der Waals surface area (Å²) in [6, 6.07) is 154. The van der Waals surface area contributed by atoms with Gasteiger partial charge in [-0.15, -0.1) is 0 Å². The van der Waals surface area contributed by atoms with Gasteiger partial charge in [-0.1, -0.05) is 443 Å². The smallest absolute Gasteiger partial charge is 0.0775 e. The van der Waals surface area contributed by atoms with Crippen molar-refractivity contribution in [2.45, 2.75) is 131 Å². The number of hydrogen-bond acceptors (Lipinski definition) is 5. The van der Waals surface area contributed by atoms with Crippen LogP contribution in [0.4, 0.5) is 56.9 Å². The Balaban J connectivity index is 0.000000138. The van der Waals surface area contributed by atoms with E-state index >= 15 is 0 Å². The topological polar surface area (TPSA) is 16.2 Å². The van der Waals surface area contributed by atoms with Crippen LogP contribution in [0.5, 0.6) is 0 Å². The van der Waals surface area contributed by atoms with E-state index in [1.165, 1.54) is 178 Å². The normalized spacial score (nSPS) is 12.0. The minimum absolute atomic E-state index is 0.0117. The van der Waals surface area contributed by atoms with E-state index in [1.54, 1.807) is 0 Å². The van der Waals surface area contributed by atoms with Gasteiger partial charge in [-0.25, -0.2) is 0 Å². The van der Waals surface area contributed by atoms with Gasteiger partial charge in [-0.2, -0.15) is 0 Å². The fraction of sp³-hybridized carbons (Fsp3) is 0.197. The third-order valence-electron chi connectivity index (χ3n) is 26.6. The van der Waals surface area contributed by atoms with Crippen molar-refractivity contribution in [3.05, 3.63) is 447 Å². The van der Waals surface area contributed by atoms with Crippen molar-refractivity contribution >= 4 is 110 Å². The first kappa shape index (κ1) is 98.6. The number of fused-ring (bicyclic) bond motifs is 3. The van der Waals surface area contributed by atoms with Crippen LogP contribution in [0.1, 0.15) is 56.9 Å². The lowest BCUT2D eigenvalue weighted by Gasteiger charge is -2.27. The van der Waals surface area contributed by atoms with E-state index in [2.05, 4.69) is 604 Å². The van der Waals surface area contributed by atoms with Crippen LogP contribution in [0, 0.1) is 6.92 Å². The van der Waals surface area contributed by atoms with Crippen molar-refractivity contribution in [3.63, 3.8) is 0 Å². The highest BCUT2D eigenvalue weighted by molar-refractivity contribution is 6.90. The zero-order valence-corrected chi connectivity index (χ0v) is 88.7. The molecule has 0 spiro atoms. The van der Waals surface area contributed by atoms with Gasteiger partial charge in [0.1, 0.15) is 0 Å².